The maximum Gasteiger partial charge on any atom is 0.247 e. The van der Waals surface area contributed by atoms with Crippen LogP contribution in [0.15, 0.2) is 5.38 Å². The number of anilines is 2. The van der Waals surface area contributed by atoms with E-state index in [1.54, 1.807) is 13.8 Å². The molecule has 256 valence electrons. The molecule has 10 nitrogen and oxygen atoms in total. The number of nitrogens with zero attached hydrogens (tertiary/aromatic N) is 2. The second-order valence-corrected chi connectivity index (χ2v) is 20.8. The number of hydrogen-bond donors (Lipinski definition) is 2. The van der Waals surface area contributed by atoms with Gasteiger partial charge in [-0.2, -0.15) is 0 Å². The summed E-state index contributed by atoms with van der Waals surface area (Å²) >= 11 is 2.77. The van der Waals surface area contributed by atoms with Crippen molar-refractivity contribution in [2.24, 2.45) is 0 Å². The van der Waals surface area contributed by atoms with Gasteiger partial charge < -0.3 is 10.6 Å². The zero-order chi connectivity index (χ0) is 34.4. The molecule has 14 heteroatoms. The molecule has 0 atom stereocenters. The topological polar surface area (TPSA) is 152 Å². The van der Waals surface area contributed by atoms with Crippen LogP contribution in [0.1, 0.15) is 129 Å². The molecule has 2 heterocycles. The summed E-state index contributed by atoms with van der Waals surface area (Å²) in [4.78, 5) is 34.8. The molecular weight excluding hydrogens is 653 g/mol. The Morgan fingerprint density at radius 3 is 1.69 bits per heavy atom. The minimum atomic E-state index is -3.50. The number of rotatable bonds is 11. The minimum absolute atomic E-state index is 0.00242. The van der Waals surface area contributed by atoms with Gasteiger partial charge in [-0.05, 0) is 65.7 Å². The van der Waals surface area contributed by atoms with Gasteiger partial charge in [0, 0.05) is 16.2 Å². The lowest BCUT2D eigenvalue weighted by Gasteiger charge is -2.23. The first-order chi connectivity index (χ1) is 20.6. The summed E-state index contributed by atoms with van der Waals surface area (Å²) in [5.41, 5.74) is 1.83. The first kappa shape index (κ1) is 39.3. The zero-order valence-electron chi connectivity index (χ0n) is 28.5. The van der Waals surface area contributed by atoms with E-state index < -0.39 is 41.0 Å². The van der Waals surface area contributed by atoms with Crippen molar-refractivity contribution in [2.45, 2.75) is 135 Å². The van der Waals surface area contributed by atoms with Crippen LogP contribution in [0.25, 0.3) is 0 Å². The fraction of sp³-hybridized carbons (Fsp3) is 0.742. The van der Waals surface area contributed by atoms with Crippen LogP contribution < -0.4 is 10.6 Å². The lowest BCUT2D eigenvalue weighted by molar-refractivity contribution is -0.118. The third-order valence-electron chi connectivity index (χ3n) is 8.06. The molecule has 1 saturated carbocycles. The first-order valence-corrected chi connectivity index (χ1v) is 20.6. The molecule has 1 aliphatic carbocycles. The van der Waals surface area contributed by atoms with E-state index in [2.05, 4.69) is 41.4 Å². The quantitative estimate of drug-likeness (QED) is 0.253. The molecule has 0 unspecified atom stereocenters. The van der Waals surface area contributed by atoms with Crippen molar-refractivity contribution < 1.29 is 26.4 Å². The molecule has 2 aromatic rings. The molecule has 45 heavy (non-hydrogen) atoms. The largest absolute Gasteiger partial charge is 0.301 e. The lowest BCUT2D eigenvalue weighted by Crippen LogP contribution is -2.45. The third kappa shape index (κ3) is 9.80. The van der Waals surface area contributed by atoms with Crippen molar-refractivity contribution in [3.8, 4) is 0 Å². The molecule has 1 aliphatic rings. The van der Waals surface area contributed by atoms with E-state index in [1.807, 2.05) is 12.3 Å². The Morgan fingerprint density at radius 1 is 0.800 bits per heavy atom. The van der Waals surface area contributed by atoms with Crippen LogP contribution in [0, 0.1) is 6.92 Å². The summed E-state index contributed by atoms with van der Waals surface area (Å²) in [5, 5.41) is 8.30. The Morgan fingerprint density at radius 2 is 1.27 bits per heavy atom. The molecule has 2 amide bonds. The highest BCUT2D eigenvalue weighted by molar-refractivity contribution is 7.93. The van der Waals surface area contributed by atoms with E-state index in [1.165, 1.54) is 69.6 Å². The number of aromatic nitrogens is 2. The Kier molecular flexibility index (Phi) is 13.4. The first-order valence-electron chi connectivity index (χ1n) is 15.6. The molecule has 0 aromatic carbocycles. The summed E-state index contributed by atoms with van der Waals surface area (Å²) in [6.45, 7) is 17.5. The van der Waals surface area contributed by atoms with Crippen molar-refractivity contribution in [2.75, 3.05) is 22.1 Å². The maximum absolute atomic E-state index is 12.4. The van der Waals surface area contributed by atoms with Crippen LogP contribution in [0.3, 0.4) is 0 Å². The maximum atomic E-state index is 12.4. The van der Waals surface area contributed by atoms with E-state index in [0.717, 1.165) is 29.1 Å². The predicted octanol–water partition coefficient (Wildman–Crippen LogP) is 7.02. The molecule has 0 saturated heterocycles. The van der Waals surface area contributed by atoms with E-state index in [-0.39, 0.29) is 16.9 Å². The predicted molar refractivity (Wildman–Crippen MR) is 187 cm³/mol. The summed E-state index contributed by atoms with van der Waals surface area (Å²) in [6, 6.07) is 0. The van der Waals surface area contributed by atoms with E-state index >= 15 is 0 Å². The molecule has 2 aromatic heterocycles. The van der Waals surface area contributed by atoms with Gasteiger partial charge in [-0.1, -0.05) is 53.9 Å². The number of sulfone groups is 2. The standard InChI is InChI=1S/C16H26N2O3S2.C15H26N2O3S2/c1-4-10-23(20,21)16(2,3)14(19)18-15-17-13(11-22-15)12-8-6-5-7-9-12;1-8-9-22(19,20)15(6,7)12(18)17-13-16-10(2)11(21-13)14(3,4)5/h11-12H,4-10H2,1-3H3,(H,17,18,19);8-9H2,1-7H3,(H,16,17,18). The van der Waals surface area contributed by atoms with Gasteiger partial charge in [0.1, 0.15) is 9.49 Å². The summed E-state index contributed by atoms with van der Waals surface area (Å²) in [5.74, 6) is -0.552. The summed E-state index contributed by atoms with van der Waals surface area (Å²) < 4.78 is 46.1. The van der Waals surface area contributed by atoms with Crippen LogP contribution in [-0.4, -0.2) is 59.6 Å². The normalized spacial score (nSPS) is 15.2. The fourth-order valence-electron chi connectivity index (χ4n) is 4.90. The van der Waals surface area contributed by atoms with Gasteiger partial charge in [0.15, 0.2) is 29.9 Å². The molecule has 0 bridgehead atoms. The van der Waals surface area contributed by atoms with Crippen LogP contribution in [0.5, 0.6) is 0 Å². The SMILES string of the molecule is CCCS(=O)(=O)C(C)(C)C(=O)Nc1nc(C)c(C(C)(C)C)s1.CCCS(=O)(=O)C(C)(C)C(=O)Nc1nc(C2CCCCC2)cs1. The average molecular weight is 705 g/mol. The highest BCUT2D eigenvalue weighted by Gasteiger charge is 2.42. The fourth-order valence-corrected chi connectivity index (χ4v) is 9.47. The minimum Gasteiger partial charge on any atom is -0.301 e. The van der Waals surface area contributed by atoms with Gasteiger partial charge in [0.2, 0.25) is 11.8 Å². The number of carbonyl (C=O) groups is 2. The molecular formula is C31H52N4O6S4. The number of hydrogen-bond acceptors (Lipinski definition) is 10. The van der Waals surface area contributed by atoms with Crippen LogP contribution in [0.4, 0.5) is 10.3 Å². The average Bonchev–Trinajstić information content (AvgIpc) is 3.55. The highest BCUT2D eigenvalue weighted by Crippen LogP contribution is 2.35. The van der Waals surface area contributed by atoms with E-state index in [0.29, 0.717) is 29.0 Å². The Labute approximate surface area is 278 Å². The van der Waals surface area contributed by atoms with Gasteiger partial charge in [-0.15, -0.1) is 22.7 Å². The van der Waals surface area contributed by atoms with Crippen LogP contribution in [-0.2, 0) is 34.7 Å². The number of thiazole rings is 2. The lowest BCUT2D eigenvalue weighted by atomic mass is 9.87. The Hall–Kier alpha value is -1.90. The van der Waals surface area contributed by atoms with E-state index in [4.69, 9.17) is 0 Å². The van der Waals surface area contributed by atoms with Gasteiger partial charge >= 0.3 is 0 Å². The second-order valence-electron chi connectivity index (χ2n) is 13.7. The molecule has 0 spiro atoms. The van der Waals surface area contributed by atoms with Gasteiger partial charge in [0.25, 0.3) is 0 Å². The molecule has 0 aliphatic heterocycles. The number of amides is 2. The third-order valence-corrected chi connectivity index (χ3v) is 15.7. The van der Waals surface area contributed by atoms with Crippen molar-refractivity contribution in [3.05, 3.63) is 21.6 Å². The van der Waals surface area contributed by atoms with Crippen molar-refractivity contribution >= 4 is 64.4 Å². The smallest absolute Gasteiger partial charge is 0.247 e. The molecule has 3 rings (SSSR count). The molecule has 2 N–H and O–H groups in total. The highest BCUT2D eigenvalue weighted by atomic mass is 32.2. The zero-order valence-corrected chi connectivity index (χ0v) is 31.8. The Balaban J connectivity index is 0.000000314. The van der Waals surface area contributed by atoms with Crippen LogP contribution in [0.2, 0.25) is 0 Å². The van der Waals surface area contributed by atoms with E-state index in [9.17, 15) is 26.4 Å². The number of carbonyl (C=O) groups excluding carboxylic acids is 2. The van der Waals surface area contributed by atoms with Crippen LogP contribution >= 0.6 is 22.7 Å². The van der Waals surface area contributed by atoms with Crippen molar-refractivity contribution in [1.29, 1.82) is 0 Å². The van der Waals surface area contributed by atoms with Gasteiger partial charge in [0.05, 0.1) is 22.9 Å². The summed E-state index contributed by atoms with van der Waals surface area (Å²) in [6.07, 6.45) is 7.03. The van der Waals surface area contributed by atoms with Gasteiger partial charge in [-0.25, -0.2) is 26.8 Å². The van der Waals surface area contributed by atoms with Crippen molar-refractivity contribution in [3.63, 3.8) is 0 Å². The van der Waals surface area contributed by atoms with Crippen molar-refractivity contribution in [1.82, 2.24) is 9.97 Å². The Bertz CT molecular complexity index is 1530. The molecule has 1 fully saturated rings. The monoisotopic (exact) mass is 704 g/mol. The second kappa shape index (κ2) is 15.3. The molecule has 0 radical (unpaired) electrons. The summed E-state index contributed by atoms with van der Waals surface area (Å²) in [7, 11) is -6.97. The number of aryl methyl sites for hydroxylation is 1. The number of nitrogens with one attached hydrogen (secondary N) is 2. The van der Waals surface area contributed by atoms with Gasteiger partial charge in [-0.3, -0.25) is 9.59 Å².